The van der Waals surface area contributed by atoms with E-state index in [9.17, 15) is 13.2 Å². The largest absolute Gasteiger partial charge is 0.482 e. The first-order chi connectivity index (χ1) is 15.7. The number of carboxylic acids is 1. The molecule has 172 valence electrons. The number of carboxylic acid groups (broad SMARTS) is 1. The van der Waals surface area contributed by atoms with Crippen molar-refractivity contribution in [3.05, 3.63) is 95.6 Å². The van der Waals surface area contributed by atoms with Crippen LogP contribution in [0.5, 0.6) is 11.5 Å². The number of aryl methyl sites for hydroxylation is 1. The Morgan fingerprint density at radius 3 is 2.39 bits per heavy atom. The molecular formula is C25H24O6S2. The molecule has 0 heterocycles. The molecule has 8 heteroatoms. The highest BCUT2D eigenvalue weighted by Gasteiger charge is 2.10. The average Bonchev–Trinajstić information content (AvgIpc) is 2.75. The highest BCUT2D eigenvalue weighted by atomic mass is 32.2. The van der Waals surface area contributed by atoms with E-state index in [-0.39, 0.29) is 12.4 Å². The summed E-state index contributed by atoms with van der Waals surface area (Å²) in [6.45, 7) is 1.50. The molecule has 0 amide bonds. The Hall–Kier alpha value is -3.23. The Balaban J connectivity index is 1.82. The molecule has 0 aliphatic carbocycles. The van der Waals surface area contributed by atoms with Crippen molar-refractivity contribution in [2.45, 2.75) is 11.8 Å². The van der Waals surface area contributed by atoms with Crippen molar-refractivity contribution in [2.24, 2.45) is 0 Å². The second kappa shape index (κ2) is 11.1. The maximum atomic E-state index is 11.5. The molecule has 0 atom stereocenters. The average molecular weight is 485 g/mol. The van der Waals surface area contributed by atoms with Gasteiger partial charge in [0.05, 0.1) is 6.26 Å². The molecule has 33 heavy (non-hydrogen) atoms. The minimum Gasteiger partial charge on any atom is -0.482 e. The van der Waals surface area contributed by atoms with Crippen LogP contribution in [-0.4, -0.2) is 38.1 Å². The van der Waals surface area contributed by atoms with Gasteiger partial charge in [-0.25, -0.2) is 4.79 Å². The molecule has 1 N–H and O–H groups in total. The molecule has 0 saturated carbocycles. The second-order valence-corrected chi connectivity index (χ2v) is 9.89. The lowest BCUT2D eigenvalue weighted by Crippen LogP contribution is -2.09. The summed E-state index contributed by atoms with van der Waals surface area (Å²) >= 11 is 1.62. The lowest BCUT2D eigenvalue weighted by Gasteiger charge is -2.11. The molecule has 0 saturated heterocycles. The maximum Gasteiger partial charge on any atom is 0.341 e. The lowest BCUT2D eigenvalue weighted by molar-refractivity contribution is -0.139. The molecule has 6 nitrogen and oxygen atoms in total. The van der Waals surface area contributed by atoms with Crippen LogP contribution >= 0.6 is 11.8 Å². The Bertz CT molecular complexity index is 1250. The van der Waals surface area contributed by atoms with Crippen LogP contribution in [0.2, 0.25) is 0 Å². The molecular weight excluding hydrogens is 460 g/mol. The summed E-state index contributed by atoms with van der Waals surface area (Å²) in [5, 5.41) is 8.78. The van der Waals surface area contributed by atoms with Crippen molar-refractivity contribution in [3.8, 4) is 11.5 Å². The van der Waals surface area contributed by atoms with Gasteiger partial charge in [-0.05, 0) is 59.5 Å². The SMILES string of the molecule is Cc1cc(SC/C=C(/c2ccccc2)c2cccc(OS(C)(=O)=O)c2)ccc1OCC(=O)O. The first-order valence-corrected chi connectivity index (χ1v) is 12.8. The third kappa shape index (κ3) is 7.69. The van der Waals surface area contributed by atoms with Crippen LogP contribution in [0.25, 0.3) is 5.57 Å². The molecule has 0 bridgehead atoms. The Labute approximate surface area is 198 Å². The van der Waals surface area contributed by atoms with E-state index in [2.05, 4.69) is 6.08 Å². The number of benzene rings is 3. The number of aliphatic carboxylic acids is 1. The maximum absolute atomic E-state index is 11.5. The zero-order valence-electron chi connectivity index (χ0n) is 18.2. The summed E-state index contributed by atoms with van der Waals surface area (Å²) in [6.07, 6.45) is 3.11. The minimum absolute atomic E-state index is 0.261. The number of ether oxygens (including phenoxy) is 1. The fourth-order valence-electron chi connectivity index (χ4n) is 3.14. The second-order valence-electron chi connectivity index (χ2n) is 7.22. The predicted octanol–water partition coefficient (Wildman–Crippen LogP) is 5.02. The summed E-state index contributed by atoms with van der Waals surface area (Å²) < 4.78 is 33.4. The first kappa shape index (κ1) is 24.4. The Kier molecular flexibility index (Phi) is 8.19. The van der Waals surface area contributed by atoms with E-state index < -0.39 is 16.1 Å². The van der Waals surface area contributed by atoms with Crippen molar-refractivity contribution < 1.29 is 27.2 Å². The molecule has 0 unspecified atom stereocenters. The minimum atomic E-state index is -3.62. The molecule has 3 rings (SSSR count). The van der Waals surface area contributed by atoms with Crippen LogP contribution in [0.4, 0.5) is 0 Å². The van der Waals surface area contributed by atoms with E-state index >= 15 is 0 Å². The monoisotopic (exact) mass is 484 g/mol. The standard InChI is InChI=1S/C25H24O6S2/c1-18-15-22(11-12-24(18)30-17-25(26)27)32-14-13-23(19-7-4-3-5-8-19)20-9-6-10-21(16-20)31-33(2,28)29/h3-13,15-16H,14,17H2,1-2H3,(H,26,27)/b23-13-. The normalized spacial score (nSPS) is 11.8. The number of hydrogen-bond donors (Lipinski definition) is 1. The van der Waals surface area contributed by atoms with Crippen LogP contribution < -0.4 is 8.92 Å². The number of thioether (sulfide) groups is 1. The topological polar surface area (TPSA) is 89.9 Å². The van der Waals surface area contributed by atoms with E-state index in [1.165, 1.54) is 0 Å². The van der Waals surface area contributed by atoms with Gasteiger partial charge in [0, 0.05) is 10.6 Å². The number of hydrogen-bond acceptors (Lipinski definition) is 6. The van der Waals surface area contributed by atoms with E-state index in [1.807, 2.05) is 55.5 Å². The Morgan fingerprint density at radius 2 is 1.73 bits per heavy atom. The van der Waals surface area contributed by atoms with Crippen LogP contribution in [0.1, 0.15) is 16.7 Å². The Morgan fingerprint density at radius 1 is 1.00 bits per heavy atom. The quantitative estimate of drug-likeness (QED) is 0.319. The third-order valence-corrected chi connectivity index (χ3v) is 5.93. The fourth-order valence-corrected chi connectivity index (χ4v) is 4.46. The van der Waals surface area contributed by atoms with E-state index in [0.29, 0.717) is 11.5 Å². The molecule has 0 spiro atoms. The van der Waals surface area contributed by atoms with Gasteiger partial charge in [0.15, 0.2) is 6.61 Å². The molecule has 0 aliphatic rings. The third-order valence-electron chi connectivity index (χ3n) is 4.51. The predicted molar refractivity (Wildman–Crippen MR) is 130 cm³/mol. The van der Waals surface area contributed by atoms with Crippen molar-refractivity contribution >= 4 is 33.4 Å². The highest BCUT2D eigenvalue weighted by Crippen LogP contribution is 2.30. The van der Waals surface area contributed by atoms with Crippen molar-refractivity contribution in [2.75, 3.05) is 18.6 Å². The summed E-state index contributed by atoms with van der Waals surface area (Å²) in [7, 11) is -3.62. The van der Waals surface area contributed by atoms with Crippen LogP contribution in [0.15, 0.2) is 83.8 Å². The molecule has 0 aliphatic heterocycles. The van der Waals surface area contributed by atoms with Crippen molar-refractivity contribution in [3.63, 3.8) is 0 Å². The number of rotatable bonds is 10. The molecule has 0 fully saturated rings. The van der Waals surface area contributed by atoms with Crippen LogP contribution in [0.3, 0.4) is 0 Å². The van der Waals surface area contributed by atoms with Crippen LogP contribution in [0, 0.1) is 6.92 Å². The van der Waals surface area contributed by atoms with E-state index in [4.69, 9.17) is 14.0 Å². The summed E-state index contributed by atoms with van der Waals surface area (Å²) in [5.74, 6) is 0.454. The summed E-state index contributed by atoms with van der Waals surface area (Å²) in [6, 6.07) is 22.5. The van der Waals surface area contributed by atoms with Gasteiger partial charge in [-0.15, -0.1) is 11.8 Å². The lowest BCUT2D eigenvalue weighted by atomic mass is 9.98. The number of carbonyl (C=O) groups is 1. The van der Waals surface area contributed by atoms with E-state index in [1.54, 1.807) is 36.0 Å². The van der Waals surface area contributed by atoms with Gasteiger partial charge < -0.3 is 14.0 Å². The zero-order valence-corrected chi connectivity index (χ0v) is 19.9. The van der Waals surface area contributed by atoms with Crippen LogP contribution in [-0.2, 0) is 14.9 Å². The van der Waals surface area contributed by atoms with Gasteiger partial charge in [-0.1, -0.05) is 48.5 Å². The van der Waals surface area contributed by atoms with Gasteiger partial charge in [-0.2, -0.15) is 8.42 Å². The highest BCUT2D eigenvalue weighted by molar-refractivity contribution is 7.99. The molecule has 0 radical (unpaired) electrons. The van der Waals surface area contributed by atoms with Gasteiger partial charge in [0.2, 0.25) is 0 Å². The van der Waals surface area contributed by atoms with Crippen molar-refractivity contribution in [1.29, 1.82) is 0 Å². The molecule has 3 aromatic carbocycles. The smallest absolute Gasteiger partial charge is 0.341 e. The van der Waals surface area contributed by atoms with Crippen molar-refractivity contribution in [1.82, 2.24) is 0 Å². The van der Waals surface area contributed by atoms with Gasteiger partial charge in [0.25, 0.3) is 0 Å². The summed E-state index contributed by atoms with van der Waals surface area (Å²) in [4.78, 5) is 11.7. The fraction of sp³-hybridized carbons (Fsp3) is 0.160. The van der Waals surface area contributed by atoms with Gasteiger partial charge in [-0.3, -0.25) is 0 Å². The first-order valence-electron chi connectivity index (χ1n) is 10.0. The molecule has 3 aromatic rings. The molecule has 0 aromatic heterocycles. The zero-order chi connectivity index (χ0) is 23.8. The van der Waals surface area contributed by atoms with E-state index in [0.717, 1.165) is 33.4 Å². The van der Waals surface area contributed by atoms with Gasteiger partial charge in [0.1, 0.15) is 11.5 Å². The summed E-state index contributed by atoms with van der Waals surface area (Å²) in [5.41, 5.74) is 3.67. The van der Waals surface area contributed by atoms with Gasteiger partial charge >= 0.3 is 16.1 Å².